The molecule has 4 aromatic rings. The molecule has 4 aromatic carbocycles. The summed E-state index contributed by atoms with van der Waals surface area (Å²) >= 11 is 1.51. The highest BCUT2D eigenvalue weighted by molar-refractivity contribution is 7.98. The van der Waals surface area contributed by atoms with Gasteiger partial charge in [-0.3, -0.25) is 13.9 Å². The monoisotopic (exact) mass is 602 g/mol. The summed E-state index contributed by atoms with van der Waals surface area (Å²) in [5, 5.41) is 6.72. The van der Waals surface area contributed by atoms with E-state index in [9.17, 15) is 18.0 Å². The first-order chi connectivity index (χ1) is 20.2. The number of carbonyl (C=O) groups excluding carboxylic acids is 2. The fourth-order valence-electron chi connectivity index (χ4n) is 3.76. The minimum absolute atomic E-state index is 0.0806. The molecule has 0 bridgehead atoms. The van der Waals surface area contributed by atoms with Gasteiger partial charge in [-0.25, -0.2) is 13.8 Å². The normalized spacial score (nSPS) is 11.2. The van der Waals surface area contributed by atoms with Gasteiger partial charge < -0.3 is 10.1 Å². The van der Waals surface area contributed by atoms with E-state index < -0.39 is 22.5 Å². The lowest BCUT2D eigenvalue weighted by molar-refractivity contribution is -0.119. The number of sulfonamides is 1. The van der Waals surface area contributed by atoms with Gasteiger partial charge in [-0.05, 0) is 91.5 Å². The van der Waals surface area contributed by atoms with Crippen molar-refractivity contribution in [3.8, 4) is 5.75 Å². The van der Waals surface area contributed by atoms with Crippen molar-refractivity contribution in [3.63, 3.8) is 0 Å². The van der Waals surface area contributed by atoms with Gasteiger partial charge in [0, 0.05) is 10.6 Å². The van der Waals surface area contributed by atoms with Crippen molar-refractivity contribution in [3.05, 3.63) is 114 Å². The molecule has 0 aromatic heterocycles. The topological polar surface area (TPSA) is 117 Å². The fourth-order valence-corrected chi connectivity index (χ4v) is 5.59. The van der Waals surface area contributed by atoms with Gasteiger partial charge in [0.1, 0.15) is 12.3 Å². The number of benzene rings is 4. The number of anilines is 2. The van der Waals surface area contributed by atoms with Gasteiger partial charge in [0.05, 0.1) is 16.8 Å². The molecular formula is C31H30N4O5S2. The highest BCUT2D eigenvalue weighted by atomic mass is 32.2. The van der Waals surface area contributed by atoms with Crippen LogP contribution in [0.5, 0.6) is 5.75 Å². The van der Waals surface area contributed by atoms with Crippen LogP contribution < -0.4 is 19.8 Å². The maximum absolute atomic E-state index is 13.5. The predicted molar refractivity (Wildman–Crippen MR) is 167 cm³/mol. The molecular weight excluding hydrogens is 572 g/mol. The molecule has 0 saturated heterocycles. The van der Waals surface area contributed by atoms with Crippen LogP contribution in [0.3, 0.4) is 0 Å². The lowest BCUT2D eigenvalue weighted by Gasteiger charge is -2.24. The van der Waals surface area contributed by atoms with Gasteiger partial charge in [0.15, 0.2) is 6.61 Å². The molecule has 0 unspecified atom stereocenters. The van der Waals surface area contributed by atoms with Crippen LogP contribution >= 0.6 is 11.8 Å². The Bertz CT molecular complexity index is 1630. The molecule has 0 aliphatic heterocycles. The number of nitrogens with one attached hydrogen (secondary N) is 2. The van der Waals surface area contributed by atoms with Crippen LogP contribution in [0.4, 0.5) is 11.4 Å². The molecule has 2 N–H and O–H groups in total. The van der Waals surface area contributed by atoms with E-state index in [0.717, 1.165) is 14.8 Å². The molecule has 216 valence electrons. The number of aryl methyl sites for hydroxylation is 1. The van der Waals surface area contributed by atoms with Crippen molar-refractivity contribution < 1.29 is 22.7 Å². The van der Waals surface area contributed by atoms with E-state index in [-0.39, 0.29) is 17.4 Å². The van der Waals surface area contributed by atoms with Crippen LogP contribution in [0.25, 0.3) is 0 Å². The molecule has 2 amide bonds. The second-order valence-corrected chi connectivity index (χ2v) is 11.8. The first-order valence-electron chi connectivity index (χ1n) is 12.9. The average Bonchev–Trinajstić information content (AvgIpc) is 3.00. The van der Waals surface area contributed by atoms with Crippen LogP contribution in [0.2, 0.25) is 0 Å². The summed E-state index contributed by atoms with van der Waals surface area (Å²) in [6.45, 7) is 1.28. The minimum atomic E-state index is -4.03. The zero-order chi connectivity index (χ0) is 30.0. The Balaban J connectivity index is 1.36. The van der Waals surface area contributed by atoms with Crippen molar-refractivity contribution in [1.29, 1.82) is 0 Å². The van der Waals surface area contributed by atoms with Crippen molar-refractivity contribution in [2.45, 2.75) is 16.7 Å². The smallest absolute Gasteiger partial charge is 0.264 e. The molecule has 0 fully saturated rings. The number of para-hydroxylation sites is 1. The van der Waals surface area contributed by atoms with E-state index in [4.69, 9.17) is 4.74 Å². The third kappa shape index (κ3) is 8.45. The molecule has 0 spiro atoms. The van der Waals surface area contributed by atoms with Crippen molar-refractivity contribution in [2.24, 2.45) is 5.10 Å². The van der Waals surface area contributed by atoms with E-state index in [1.54, 1.807) is 72.8 Å². The molecule has 9 nitrogen and oxygen atoms in total. The Morgan fingerprint density at radius 3 is 2.19 bits per heavy atom. The lowest BCUT2D eigenvalue weighted by Crippen LogP contribution is -2.39. The molecule has 0 aliphatic rings. The van der Waals surface area contributed by atoms with Crippen molar-refractivity contribution >= 4 is 51.2 Å². The summed E-state index contributed by atoms with van der Waals surface area (Å²) in [5.74, 6) is -0.405. The number of ether oxygens (including phenoxy) is 1. The zero-order valence-electron chi connectivity index (χ0n) is 23.1. The summed E-state index contributed by atoms with van der Waals surface area (Å²) in [6, 6.07) is 29.3. The SMILES string of the molecule is CSc1ccc(S(=O)(=O)N(CC(=O)N/N=C\c2ccc(OCC(=O)Nc3ccccc3)cc2)c2ccc(C)cc2)cc1. The quantitative estimate of drug-likeness (QED) is 0.133. The Morgan fingerprint density at radius 2 is 1.55 bits per heavy atom. The van der Waals surface area contributed by atoms with Gasteiger partial charge >= 0.3 is 0 Å². The van der Waals surface area contributed by atoms with Crippen LogP contribution in [0.15, 0.2) is 118 Å². The number of thioether (sulfide) groups is 1. The van der Waals surface area contributed by atoms with E-state index in [2.05, 4.69) is 15.8 Å². The Kier molecular flexibility index (Phi) is 10.4. The number of hydrazone groups is 1. The van der Waals surface area contributed by atoms with Crippen LogP contribution in [0, 0.1) is 6.92 Å². The maximum atomic E-state index is 13.5. The largest absolute Gasteiger partial charge is 0.484 e. The van der Waals surface area contributed by atoms with Gasteiger partial charge in [-0.15, -0.1) is 11.8 Å². The fraction of sp³-hybridized carbons (Fsp3) is 0.129. The number of hydrogen-bond acceptors (Lipinski definition) is 7. The van der Waals surface area contributed by atoms with Gasteiger partial charge in [-0.1, -0.05) is 35.9 Å². The van der Waals surface area contributed by atoms with E-state index in [0.29, 0.717) is 22.7 Å². The van der Waals surface area contributed by atoms with Crippen molar-refractivity contribution in [1.82, 2.24) is 5.43 Å². The first-order valence-corrected chi connectivity index (χ1v) is 15.5. The highest BCUT2D eigenvalue weighted by Gasteiger charge is 2.27. The molecule has 0 heterocycles. The van der Waals surface area contributed by atoms with Gasteiger partial charge in [0.2, 0.25) is 0 Å². The summed E-state index contributed by atoms with van der Waals surface area (Å²) in [6.07, 6.45) is 3.33. The van der Waals surface area contributed by atoms with E-state index in [1.807, 2.05) is 31.4 Å². The summed E-state index contributed by atoms with van der Waals surface area (Å²) in [7, 11) is -4.03. The maximum Gasteiger partial charge on any atom is 0.264 e. The average molecular weight is 603 g/mol. The molecule has 0 atom stereocenters. The molecule has 11 heteroatoms. The second-order valence-electron chi connectivity index (χ2n) is 9.09. The number of carbonyl (C=O) groups is 2. The first kappa shape index (κ1) is 30.4. The number of rotatable bonds is 12. The van der Waals surface area contributed by atoms with Gasteiger partial charge in [0.25, 0.3) is 21.8 Å². The second kappa shape index (κ2) is 14.3. The molecule has 0 radical (unpaired) electrons. The lowest BCUT2D eigenvalue weighted by atomic mass is 10.2. The van der Waals surface area contributed by atoms with E-state index >= 15 is 0 Å². The summed E-state index contributed by atoms with van der Waals surface area (Å²) < 4.78 is 33.6. The number of amides is 2. The molecule has 0 saturated carbocycles. The Hall–Kier alpha value is -4.61. The third-order valence-electron chi connectivity index (χ3n) is 5.97. The molecule has 42 heavy (non-hydrogen) atoms. The van der Waals surface area contributed by atoms with Crippen LogP contribution in [-0.2, 0) is 19.6 Å². The van der Waals surface area contributed by atoms with Gasteiger partial charge in [-0.2, -0.15) is 5.10 Å². The van der Waals surface area contributed by atoms with Crippen molar-refractivity contribution in [2.75, 3.05) is 29.0 Å². The Morgan fingerprint density at radius 1 is 0.881 bits per heavy atom. The molecule has 0 aliphatic carbocycles. The third-order valence-corrected chi connectivity index (χ3v) is 8.50. The predicted octanol–water partition coefficient (Wildman–Crippen LogP) is 5.08. The zero-order valence-corrected chi connectivity index (χ0v) is 24.7. The minimum Gasteiger partial charge on any atom is -0.484 e. The van der Waals surface area contributed by atoms with Crippen LogP contribution in [-0.4, -0.2) is 45.9 Å². The summed E-state index contributed by atoms with van der Waals surface area (Å²) in [4.78, 5) is 25.9. The molecule has 4 rings (SSSR count). The number of nitrogens with zero attached hydrogens (tertiary/aromatic N) is 2. The standard InChI is InChI=1S/C31H30N4O5S2/c1-23-8-12-26(13-9-23)35(42(38,39)29-18-16-28(41-2)17-19-29)21-30(36)34-32-20-24-10-14-27(15-11-24)40-22-31(37)33-25-6-4-3-5-7-25/h3-20H,21-22H2,1-2H3,(H,33,37)(H,34,36)/b32-20-. The Labute approximate surface area is 249 Å². The van der Waals surface area contributed by atoms with E-state index in [1.165, 1.54) is 30.1 Å². The summed E-state index contributed by atoms with van der Waals surface area (Å²) in [5.41, 5.74) is 5.07. The highest BCUT2D eigenvalue weighted by Crippen LogP contribution is 2.25. The van der Waals surface area contributed by atoms with Crippen LogP contribution in [0.1, 0.15) is 11.1 Å². The number of hydrogen-bond donors (Lipinski definition) is 2.